The van der Waals surface area contributed by atoms with Gasteiger partial charge in [0.1, 0.15) is 5.82 Å². The molecule has 0 aromatic heterocycles. The summed E-state index contributed by atoms with van der Waals surface area (Å²) in [5.74, 6) is -0.492. The van der Waals surface area contributed by atoms with Crippen LogP contribution in [0.4, 0.5) is 14.9 Å². The van der Waals surface area contributed by atoms with Crippen molar-refractivity contribution in [3.63, 3.8) is 0 Å². The minimum atomic E-state index is -0.357. The topological polar surface area (TPSA) is 52.7 Å². The first kappa shape index (κ1) is 17.2. The van der Waals surface area contributed by atoms with Crippen LogP contribution in [0.25, 0.3) is 0 Å². The SMILES string of the molecule is O=C(Nc1ccc(F)cc1)N1CCN(C(=O)c2ccccc2Cl)CC1. The number of anilines is 1. The Hall–Kier alpha value is -2.60. The maximum atomic E-state index is 12.9. The van der Waals surface area contributed by atoms with E-state index in [-0.39, 0.29) is 17.8 Å². The maximum absolute atomic E-state index is 12.9. The van der Waals surface area contributed by atoms with Crippen LogP contribution in [-0.4, -0.2) is 47.9 Å². The summed E-state index contributed by atoms with van der Waals surface area (Å²) in [7, 11) is 0. The Morgan fingerprint density at radius 3 is 2.16 bits per heavy atom. The van der Waals surface area contributed by atoms with Gasteiger partial charge in [-0.25, -0.2) is 9.18 Å². The lowest BCUT2D eigenvalue weighted by Crippen LogP contribution is -2.51. The highest BCUT2D eigenvalue weighted by atomic mass is 35.5. The summed E-state index contributed by atoms with van der Waals surface area (Å²) in [6.45, 7) is 1.70. The Morgan fingerprint density at radius 2 is 1.52 bits per heavy atom. The molecule has 2 aromatic rings. The van der Waals surface area contributed by atoms with E-state index in [0.29, 0.717) is 42.5 Å². The second-order valence-corrected chi connectivity index (χ2v) is 6.10. The molecule has 3 rings (SSSR count). The fourth-order valence-corrected chi connectivity index (χ4v) is 2.87. The number of halogens is 2. The van der Waals surface area contributed by atoms with E-state index in [9.17, 15) is 14.0 Å². The number of carbonyl (C=O) groups is 2. The number of amides is 3. The molecular formula is C18H17ClFN3O2. The second kappa shape index (κ2) is 7.53. The molecule has 25 heavy (non-hydrogen) atoms. The van der Waals surface area contributed by atoms with Crippen molar-refractivity contribution in [2.75, 3.05) is 31.5 Å². The van der Waals surface area contributed by atoms with Gasteiger partial charge in [0.15, 0.2) is 0 Å². The van der Waals surface area contributed by atoms with Gasteiger partial charge in [0.05, 0.1) is 10.6 Å². The Kier molecular flexibility index (Phi) is 5.19. The molecular weight excluding hydrogens is 345 g/mol. The first-order chi connectivity index (χ1) is 12.0. The van der Waals surface area contributed by atoms with Gasteiger partial charge in [-0.1, -0.05) is 23.7 Å². The van der Waals surface area contributed by atoms with Crippen molar-refractivity contribution in [1.82, 2.24) is 9.80 Å². The van der Waals surface area contributed by atoms with Crippen molar-refractivity contribution in [3.8, 4) is 0 Å². The number of nitrogens with zero attached hydrogens (tertiary/aromatic N) is 2. The molecule has 0 aliphatic carbocycles. The quantitative estimate of drug-likeness (QED) is 0.890. The Labute approximate surface area is 150 Å². The third-order valence-electron chi connectivity index (χ3n) is 4.05. The number of rotatable bonds is 2. The fraction of sp³-hybridized carbons (Fsp3) is 0.222. The van der Waals surface area contributed by atoms with Gasteiger partial charge in [0.2, 0.25) is 0 Å². The van der Waals surface area contributed by atoms with E-state index in [4.69, 9.17) is 11.6 Å². The number of hydrogen-bond donors (Lipinski definition) is 1. The average Bonchev–Trinajstić information content (AvgIpc) is 2.63. The lowest BCUT2D eigenvalue weighted by atomic mass is 10.2. The summed E-state index contributed by atoms with van der Waals surface area (Å²) in [5.41, 5.74) is 0.995. The Bertz CT molecular complexity index is 774. The second-order valence-electron chi connectivity index (χ2n) is 5.70. The lowest BCUT2D eigenvalue weighted by Gasteiger charge is -2.34. The molecule has 0 spiro atoms. The highest BCUT2D eigenvalue weighted by Crippen LogP contribution is 2.18. The molecule has 1 heterocycles. The molecule has 0 bridgehead atoms. The lowest BCUT2D eigenvalue weighted by molar-refractivity contribution is 0.0672. The number of urea groups is 1. The van der Waals surface area contributed by atoms with E-state index in [1.165, 1.54) is 24.3 Å². The van der Waals surface area contributed by atoms with E-state index in [2.05, 4.69) is 5.32 Å². The van der Waals surface area contributed by atoms with Crippen molar-refractivity contribution in [1.29, 1.82) is 0 Å². The molecule has 1 aliphatic rings. The molecule has 1 aliphatic heterocycles. The Balaban J connectivity index is 1.56. The van der Waals surface area contributed by atoms with E-state index in [1.54, 1.807) is 34.1 Å². The predicted molar refractivity (Wildman–Crippen MR) is 94.3 cm³/mol. The highest BCUT2D eigenvalue weighted by Gasteiger charge is 2.25. The van der Waals surface area contributed by atoms with E-state index in [0.717, 1.165) is 0 Å². The molecule has 5 nitrogen and oxygen atoms in total. The molecule has 3 amide bonds. The molecule has 2 aromatic carbocycles. The van der Waals surface area contributed by atoms with Crippen molar-refractivity contribution < 1.29 is 14.0 Å². The van der Waals surface area contributed by atoms with E-state index >= 15 is 0 Å². The van der Waals surface area contributed by atoms with Crippen LogP contribution in [0.3, 0.4) is 0 Å². The molecule has 1 fully saturated rings. The number of piperazine rings is 1. The van der Waals surface area contributed by atoms with Gasteiger partial charge in [0.25, 0.3) is 5.91 Å². The van der Waals surface area contributed by atoms with Crippen LogP contribution in [0.1, 0.15) is 10.4 Å². The predicted octanol–water partition coefficient (Wildman–Crippen LogP) is 3.47. The zero-order valence-corrected chi connectivity index (χ0v) is 14.2. The van der Waals surface area contributed by atoms with Crippen LogP contribution < -0.4 is 5.32 Å². The normalized spacial score (nSPS) is 14.3. The Morgan fingerprint density at radius 1 is 0.920 bits per heavy atom. The third kappa shape index (κ3) is 4.09. The third-order valence-corrected chi connectivity index (χ3v) is 4.38. The molecule has 0 atom stereocenters. The molecule has 1 saturated heterocycles. The first-order valence-corrected chi connectivity index (χ1v) is 8.28. The van der Waals surface area contributed by atoms with Crippen molar-refractivity contribution in [2.24, 2.45) is 0 Å². The minimum absolute atomic E-state index is 0.135. The zero-order chi connectivity index (χ0) is 17.8. The van der Waals surface area contributed by atoms with Gasteiger partial charge < -0.3 is 15.1 Å². The van der Waals surface area contributed by atoms with Gasteiger partial charge in [-0.05, 0) is 36.4 Å². The van der Waals surface area contributed by atoms with Crippen molar-refractivity contribution in [3.05, 3.63) is 64.9 Å². The highest BCUT2D eigenvalue weighted by molar-refractivity contribution is 6.33. The summed E-state index contributed by atoms with van der Waals surface area (Å²) in [6, 6.07) is 12.2. The molecule has 1 N–H and O–H groups in total. The van der Waals surface area contributed by atoms with Crippen LogP contribution in [0, 0.1) is 5.82 Å². The zero-order valence-electron chi connectivity index (χ0n) is 13.4. The van der Waals surface area contributed by atoms with Gasteiger partial charge >= 0.3 is 6.03 Å². The molecule has 0 unspecified atom stereocenters. The summed E-state index contributed by atoms with van der Waals surface area (Å²) >= 11 is 6.07. The largest absolute Gasteiger partial charge is 0.335 e. The number of hydrogen-bond acceptors (Lipinski definition) is 2. The average molecular weight is 362 g/mol. The monoisotopic (exact) mass is 361 g/mol. The summed E-state index contributed by atoms with van der Waals surface area (Å²) < 4.78 is 12.9. The number of carbonyl (C=O) groups excluding carboxylic acids is 2. The fourth-order valence-electron chi connectivity index (χ4n) is 2.65. The maximum Gasteiger partial charge on any atom is 0.321 e. The summed E-state index contributed by atoms with van der Waals surface area (Å²) in [4.78, 5) is 28.1. The van der Waals surface area contributed by atoms with Gasteiger partial charge in [-0.3, -0.25) is 4.79 Å². The van der Waals surface area contributed by atoms with Crippen LogP contribution in [0.15, 0.2) is 48.5 Å². The van der Waals surface area contributed by atoms with Crippen molar-refractivity contribution in [2.45, 2.75) is 0 Å². The van der Waals surface area contributed by atoms with Crippen LogP contribution in [0.2, 0.25) is 5.02 Å². The minimum Gasteiger partial charge on any atom is -0.335 e. The summed E-state index contributed by atoms with van der Waals surface area (Å²) in [5, 5.41) is 3.14. The number of nitrogens with one attached hydrogen (secondary N) is 1. The van der Waals surface area contributed by atoms with E-state index < -0.39 is 0 Å². The van der Waals surface area contributed by atoms with Gasteiger partial charge in [-0.15, -0.1) is 0 Å². The smallest absolute Gasteiger partial charge is 0.321 e. The molecule has 130 valence electrons. The summed E-state index contributed by atoms with van der Waals surface area (Å²) in [6.07, 6.45) is 0. The van der Waals surface area contributed by atoms with E-state index in [1.807, 2.05) is 0 Å². The molecule has 0 saturated carbocycles. The standard InChI is InChI=1S/C18H17ClFN3O2/c19-16-4-2-1-3-15(16)17(24)22-9-11-23(12-10-22)18(25)21-14-7-5-13(20)6-8-14/h1-8H,9-12H2,(H,21,25). The number of benzene rings is 2. The molecule has 7 heteroatoms. The van der Waals surface area contributed by atoms with Crippen molar-refractivity contribution >= 4 is 29.2 Å². The van der Waals surface area contributed by atoms with Gasteiger partial charge in [0, 0.05) is 31.9 Å². The first-order valence-electron chi connectivity index (χ1n) is 7.90. The molecule has 0 radical (unpaired) electrons. The van der Waals surface area contributed by atoms with Gasteiger partial charge in [-0.2, -0.15) is 0 Å². The van der Waals surface area contributed by atoms with Crippen LogP contribution in [-0.2, 0) is 0 Å². The van der Waals surface area contributed by atoms with Crippen LogP contribution in [0.5, 0.6) is 0 Å². The van der Waals surface area contributed by atoms with Crippen LogP contribution >= 0.6 is 11.6 Å².